The number of hydrogen-bond acceptors (Lipinski definition) is 4. The zero-order valence-electron chi connectivity index (χ0n) is 11.1. The van der Waals surface area contributed by atoms with Crippen LogP contribution in [0.25, 0.3) is 0 Å². The summed E-state index contributed by atoms with van der Waals surface area (Å²) in [5.41, 5.74) is -0.930. The van der Waals surface area contributed by atoms with E-state index < -0.39 is 5.41 Å². The van der Waals surface area contributed by atoms with Crippen LogP contribution in [0.3, 0.4) is 0 Å². The smallest absolute Gasteiger partial charge is 0.243 e. The first-order valence-electron chi connectivity index (χ1n) is 6.52. The number of carbonyl (C=O) groups is 1. The van der Waals surface area contributed by atoms with Crippen LogP contribution in [0.15, 0.2) is 22.8 Å². The molecule has 5 heteroatoms. The van der Waals surface area contributed by atoms with Gasteiger partial charge in [-0.25, -0.2) is 0 Å². The molecule has 0 aromatic carbocycles. The molecule has 102 valence electrons. The van der Waals surface area contributed by atoms with Crippen molar-refractivity contribution in [3.05, 3.63) is 24.2 Å². The number of hydrogen-bond donors (Lipinski definition) is 0. The van der Waals surface area contributed by atoms with Crippen LogP contribution in [0, 0.1) is 16.7 Å². The first-order chi connectivity index (χ1) is 9.22. The van der Waals surface area contributed by atoms with Crippen molar-refractivity contribution in [2.24, 2.45) is 5.41 Å². The molecule has 0 saturated carbocycles. The Balaban J connectivity index is 2.13. The lowest BCUT2D eigenvalue weighted by atomic mass is 9.80. The maximum atomic E-state index is 12.6. The summed E-state index contributed by atoms with van der Waals surface area (Å²) in [6, 6.07) is 5.84. The van der Waals surface area contributed by atoms with Gasteiger partial charge in [0.2, 0.25) is 5.91 Å². The van der Waals surface area contributed by atoms with Crippen molar-refractivity contribution >= 4 is 5.91 Å². The third-order valence-corrected chi connectivity index (χ3v) is 3.57. The molecule has 1 aromatic rings. The molecule has 1 aliphatic rings. The summed E-state index contributed by atoms with van der Waals surface area (Å²) in [7, 11) is 0. The highest BCUT2D eigenvalue weighted by Crippen LogP contribution is 2.32. The van der Waals surface area contributed by atoms with Gasteiger partial charge in [-0.05, 0) is 31.9 Å². The van der Waals surface area contributed by atoms with E-state index in [1.165, 1.54) is 0 Å². The van der Waals surface area contributed by atoms with Crippen molar-refractivity contribution in [2.75, 3.05) is 19.8 Å². The third-order valence-electron chi connectivity index (χ3n) is 3.57. The molecule has 5 nitrogen and oxygen atoms in total. The molecule has 0 N–H and O–H groups in total. The van der Waals surface area contributed by atoms with Crippen LogP contribution >= 0.6 is 0 Å². The van der Waals surface area contributed by atoms with Gasteiger partial charge in [-0.2, -0.15) is 5.26 Å². The molecule has 0 radical (unpaired) electrons. The SMILES string of the molecule is CCN(Cc1ccco1)C(=O)C1(C#N)CCOCC1. The van der Waals surface area contributed by atoms with Gasteiger partial charge < -0.3 is 14.1 Å². The highest BCUT2D eigenvalue weighted by atomic mass is 16.5. The lowest BCUT2D eigenvalue weighted by Gasteiger charge is -2.34. The number of ether oxygens (including phenoxy) is 1. The van der Waals surface area contributed by atoms with E-state index in [9.17, 15) is 10.1 Å². The fraction of sp³-hybridized carbons (Fsp3) is 0.571. The Bertz CT molecular complexity index is 456. The summed E-state index contributed by atoms with van der Waals surface area (Å²) in [6.07, 6.45) is 2.52. The Labute approximate surface area is 112 Å². The van der Waals surface area contributed by atoms with Crippen molar-refractivity contribution in [1.29, 1.82) is 5.26 Å². The first-order valence-corrected chi connectivity index (χ1v) is 6.52. The van der Waals surface area contributed by atoms with E-state index in [2.05, 4.69) is 6.07 Å². The summed E-state index contributed by atoms with van der Waals surface area (Å²) >= 11 is 0. The van der Waals surface area contributed by atoms with E-state index in [1.807, 2.05) is 13.0 Å². The van der Waals surface area contributed by atoms with E-state index in [0.29, 0.717) is 39.1 Å². The molecule has 1 fully saturated rings. The molecule has 1 aliphatic heterocycles. The van der Waals surface area contributed by atoms with E-state index >= 15 is 0 Å². The van der Waals surface area contributed by atoms with Gasteiger partial charge in [0.1, 0.15) is 11.2 Å². The maximum Gasteiger partial charge on any atom is 0.243 e. The highest BCUT2D eigenvalue weighted by molar-refractivity contribution is 5.85. The lowest BCUT2D eigenvalue weighted by Crippen LogP contribution is -2.45. The Morgan fingerprint density at radius 1 is 1.53 bits per heavy atom. The molecule has 0 aliphatic carbocycles. The minimum Gasteiger partial charge on any atom is -0.467 e. The number of carbonyl (C=O) groups excluding carboxylic acids is 1. The number of amides is 1. The molecule has 0 bridgehead atoms. The lowest BCUT2D eigenvalue weighted by molar-refractivity contribution is -0.144. The van der Waals surface area contributed by atoms with Crippen LogP contribution in [0.1, 0.15) is 25.5 Å². The molecular formula is C14H18N2O3. The largest absolute Gasteiger partial charge is 0.467 e. The minimum absolute atomic E-state index is 0.114. The molecule has 1 saturated heterocycles. The molecule has 1 amide bonds. The molecular weight excluding hydrogens is 244 g/mol. The molecule has 2 heterocycles. The maximum absolute atomic E-state index is 12.6. The molecule has 0 atom stereocenters. The second-order valence-electron chi connectivity index (χ2n) is 4.70. The summed E-state index contributed by atoms with van der Waals surface area (Å²) in [5, 5.41) is 9.41. The summed E-state index contributed by atoms with van der Waals surface area (Å²) < 4.78 is 10.5. The van der Waals surface area contributed by atoms with E-state index in [0.717, 1.165) is 5.76 Å². The first kappa shape index (κ1) is 13.6. The molecule has 2 rings (SSSR count). The summed E-state index contributed by atoms with van der Waals surface area (Å²) in [4.78, 5) is 14.3. The van der Waals surface area contributed by atoms with Crippen molar-refractivity contribution < 1.29 is 13.9 Å². The van der Waals surface area contributed by atoms with Crippen LogP contribution in [-0.2, 0) is 16.1 Å². The topological polar surface area (TPSA) is 66.5 Å². The Morgan fingerprint density at radius 2 is 2.26 bits per heavy atom. The van der Waals surface area contributed by atoms with Gasteiger partial charge in [0.05, 0.1) is 18.9 Å². The average molecular weight is 262 g/mol. The quantitative estimate of drug-likeness (QED) is 0.831. The normalized spacial score (nSPS) is 17.7. The van der Waals surface area contributed by atoms with Gasteiger partial charge in [0, 0.05) is 19.8 Å². The van der Waals surface area contributed by atoms with Crippen molar-refractivity contribution in [2.45, 2.75) is 26.3 Å². The average Bonchev–Trinajstić information content (AvgIpc) is 2.97. The summed E-state index contributed by atoms with van der Waals surface area (Å²) in [5.74, 6) is 0.618. The van der Waals surface area contributed by atoms with Crippen LogP contribution in [0.5, 0.6) is 0 Å². The molecule has 19 heavy (non-hydrogen) atoms. The van der Waals surface area contributed by atoms with Gasteiger partial charge in [-0.15, -0.1) is 0 Å². The van der Waals surface area contributed by atoms with E-state index in [4.69, 9.17) is 9.15 Å². The van der Waals surface area contributed by atoms with Crippen molar-refractivity contribution in [3.63, 3.8) is 0 Å². The highest BCUT2D eigenvalue weighted by Gasteiger charge is 2.42. The molecule has 1 aromatic heterocycles. The van der Waals surface area contributed by atoms with Gasteiger partial charge in [-0.3, -0.25) is 4.79 Å². The fourth-order valence-corrected chi connectivity index (χ4v) is 2.31. The van der Waals surface area contributed by atoms with Crippen LogP contribution in [-0.4, -0.2) is 30.6 Å². The third kappa shape index (κ3) is 2.79. The Hall–Kier alpha value is -1.80. The minimum atomic E-state index is -0.930. The second-order valence-corrected chi connectivity index (χ2v) is 4.70. The molecule has 0 spiro atoms. The zero-order chi connectivity index (χ0) is 13.7. The number of furan rings is 1. The van der Waals surface area contributed by atoms with Crippen molar-refractivity contribution in [1.82, 2.24) is 4.90 Å². The van der Waals surface area contributed by atoms with Crippen molar-refractivity contribution in [3.8, 4) is 6.07 Å². The Kier molecular flexibility index (Phi) is 4.23. The van der Waals surface area contributed by atoms with E-state index in [1.54, 1.807) is 17.2 Å². The number of nitrogens with zero attached hydrogens (tertiary/aromatic N) is 2. The molecule has 0 unspecified atom stereocenters. The predicted molar refractivity (Wildman–Crippen MR) is 67.9 cm³/mol. The van der Waals surface area contributed by atoms with Crippen LogP contribution in [0.2, 0.25) is 0 Å². The number of nitriles is 1. The van der Waals surface area contributed by atoms with Crippen LogP contribution in [0.4, 0.5) is 0 Å². The second kappa shape index (κ2) is 5.89. The van der Waals surface area contributed by atoms with Gasteiger partial charge in [0.15, 0.2) is 0 Å². The fourth-order valence-electron chi connectivity index (χ4n) is 2.31. The summed E-state index contributed by atoms with van der Waals surface area (Å²) in [6.45, 7) is 3.82. The standard InChI is InChI=1S/C14H18N2O3/c1-2-16(10-12-4-3-7-19-12)13(17)14(11-15)5-8-18-9-6-14/h3-4,7H,2,5-6,8-10H2,1H3. The van der Waals surface area contributed by atoms with Gasteiger partial charge >= 0.3 is 0 Å². The predicted octanol–water partition coefficient (Wildman–Crippen LogP) is 1.95. The number of rotatable bonds is 4. The monoisotopic (exact) mass is 262 g/mol. The Morgan fingerprint density at radius 3 is 2.79 bits per heavy atom. The zero-order valence-corrected chi connectivity index (χ0v) is 11.1. The van der Waals surface area contributed by atoms with Gasteiger partial charge in [-0.1, -0.05) is 0 Å². The van der Waals surface area contributed by atoms with E-state index in [-0.39, 0.29) is 5.91 Å². The van der Waals surface area contributed by atoms with Gasteiger partial charge in [0.25, 0.3) is 0 Å². The van der Waals surface area contributed by atoms with Crippen LogP contribution < -0.4 is 0 Å².